The standard InChI is InChI=1S/C14H14Cl2N4O3/c15-12-4-2-10(8-17-12)9-19(6-1-7-21)14-11(20(22)23)3-5-13(16)18-14/h2-5,8,21H,1,6-7,9H2. The third-order valence-corrected chi connectivity index (χ3v) is 3.50. The summed E-state index contributed by atoms with van der Waals surface area (Å²) in [6.07, 6.45) is 2.02. The smallest absolute Gasteiger partial charge is 0.311 e. The maximum absolute atomic E-state index is 11.2. The van der Waals surface area contributed by atoms with Gasteiger partial charge in [0.05, 0.1) is 4.92 Å². The minimum Gasteiger partial charge on any atom is -0.396 e. The van der Waals surface area contributed by atoms with Gasteiger partial charge in [-0.15, -0.1) is 0 Å². The number of halogens is 2. The van der Waals surface area contributed by atoms with Gasteiger partial charge in [-0.25, -0.2) is 9.97 Å². The second-order valence-electron chi connectivity index (χ2n) is 4.72. The summed E-state index contributed by atoms with van der Waals surface area (Å²) in [5.41, 5.74) is 0.665. The summed E-state index contributed by atoms with van der Waals surface area (Å²) in [4.78, 5) is 20.5. The second kappa shape index (κ2) is 8.05. The fourth-order valence-corrected chi connectivity index (χ4v) is 2.29. The molecule has 2 heterocycles. The van der Waals surface area contributed by atoms with Crippen LogP contribution < -0.4 is 4.90 Å². The summed E-state index contributed by atoms with van der Waals surface area (Å²) in [5.74, 6) is 0.158. The first-order chi connectivity index (χ1) is 11.0. The van der Waals surface area contributed by atoms with Crippen LogP contribution in [0.5, 0.6) is 0 Å². The van der Waals surface area contributed by atoms with E-state index >= 15 is 0 Å². The van der Waals surface area contributed by atoms with Crippen LogP contribution in [0.15, 0.2) is 30.5 Å². The largest absolute Gasteiger partial charge is 0.396 e. The van der Waals surface area contributed by atoms with E-state index in [1.807, 2.05) is 0 Å². The van der Waals surface area contributed by atoms with Crippen LogP contribution in [0.4, 0.5) is 11.5 Å². The maximum atomic E-state index is 11.2. The van der Waals surface area contributed by atoms with E-state index in [2.05, 4.69) is 9.97 Å². The molecule has 0 atom stereocenters. The Morgan fingerprint density at radius 1 is 1.22 bits per heavy atom. The molecule has 0 spiro atoms. The molecule has 122 valence electrons. The van der Waals surface area contributed by atoms with Crippen molar-refractivity contribution >= 4 is 34.7 Å². The number of aliphatic hydroxyl groups is 1. The van der Waals surface area contributed by atoms with Crippen LogP contribution in [-0.4, -0.2) is 33.1 Å². The Kier molecular flexibility index (Phi) is 6.09. The quantitative estimate of drug-likeness (QED) is 0.465. The molecule has 0 aliphatic rings. The fourth-order valence-electron chi connectivity index (χ4n) is 2.03. The molecule has 0 radical (unpaired) electrons. The minimum absolute atomic E-state index is 0.0380. The fraction of sp³-hybridized carbons (Fsp3) is 0.286. The molecule has 9 heteroatoms. The number of anilines is 1. The number of rotatable bonds is 7. The first kappa shape index (κ1) is 17.4. The summed E-state index contributed by atoms with van der Waals surface area (Å²) in [6, 6.07) is 6.10. The average Bonchev–Trinajstić information content (AvgIpc) is 2.53. The van der Waals surface area contributed by atoms with Crippen LogP contribution in [0.2, 0.25) is 10.3 Å². The zero-order valence-electron chi connectivity index (χ0n) is 12.0. The molecule has 1 N–H and O–H groups in total. The SMILES string of the molecule is O=[N+]([O-])c1ccc(Cl)nc1N(CCCO)Cc1ccc(Cl)nc1. The van der Waals surface area contributed by atoms with Crippen LogP contribution in [0.1, 0.15) is 12.0 Å². The molecule has 0 fully saturated rings. The Balaban J connectivity index is 2.36. The Hall–Kier alpha value is -1.96. The number of aliphatic hydroxyl groups excluding tert-OH is 1. The van der Waals surface area contributed by atoms with E-state index in [9.17, 15) is 10.1 Å². The third kappa shape index (κ3) is 4.75. The normalized spacial score (nSPS) is 10.6. The van der Waals surface area contributed by atoms with Gasteiger partial charge in [0.1, 0.15) is 10.3 Å². The van der Waals surface area contributed by atoms with Crippen molar-refractivity contribution < 1.29 is 10.0 Å². The highest BCUT2D eigenvalue weighted by molar-refractivity contribution is 6.29. The van der Waals surface area contributed by atoms with Crippen LogP contribution in [0, 0.1) is 10.1 Å². The van der Waals surface area contributed by atoms with Crippen molar-refractivity contribution in [2.45, 2.75) is 13.0 Å². The molecule has 0 saturated carbocycles. The Morgan fingerprint density at radius 2 is 1.96 bits per heavy atom. The average molecular weight is 357 g/mol. The molecule has 0 saturated heterocycles. The van der Waals surface area contributed by atoms with Crippen molar-refractivity contribution in [1.82, 2.24) is 9.97 Å². The number of pyridine rings is 2. The lowest BCUT2D eigenvalue weighted by Crippen LogP contribution is -2.26. The van der Waals surface area contributed by atoms with Gasteiger partial charge in [-0.05, 0) is 24.1 Å². The zero-order valence-corrected chi connectivity index (χ0v) is 13.5. The van der Waals surface area contributed by atoms with Crippen molar-refractivity contribution in [3.8, 4) is 0 Å². The number of nitro groups is 1. The number of aromatic nitrogens is 2. The summed E-state index contributed by atoms with van der Waals surface area (Å²) in [7, 11) is 0. The lowest BCUT2D eigenvalue weighted by molar-refractivity contribution is -0.384. The van der Waals surface area contributed by atoms with Gasteiger partial charge in [0.2, 0.25) is 5.82 Å². The first-order valence-corrected chi connectivity index (χ1v) is 7.54. The summed E-state index contributed by atoms with van der Waals surface area (Å²) >= 11 is 11.6. The van der Waals surface area contributed by atoms with Gasteiger partial charge in [-0.1, -0.05) is 29.3 Å². The van der Waals surface area contributed by atoms with Gasteiger partial charge < -0.3 is 10.0 Å². The number of hydrogen-bond donors (Lipinski definition) is 1. The van der Waals surface area contributed by atoms with Gasteiger partial charge in [-0.2, -0.15) is 0 Å². The molecule has 2 rings (SSSR count). The van der Waals surface area contributed by atoms with Crippen LogP contribution >= 0.6 is 23.2 Å². The molecule has 2 aromatic heterocycles. The Morgan fingerprint density at radius 3 is 2.57 bits per heavy atom. The summed E-state index contributed by atoms with van der Waals surface area (Å²) in [5, 5.41) is 20.8. The van der Waals surface area contributed by atoms with Crippen molar-refractivity contribution in [1.29, 1.82) is 0 Å². The number of hydrogen-bond acceptors (Lipinski definition) is 6. The van der Waals surface area contributed by atoms with Gasteiger partial charge in [-0.3, -0.25) is 10.1 Å². The summed E-state index contributed by atoms with van der Waals surface area (Å²) < 4.78 is 0. The van der Waals surface area contributed by atoms with Crippen molar-refractivity contribution in [2.24, 2.45) is 0 Å². The summed E-state index contributed by atoms with van der Waals surface area (Å²) in [6.45, 7) is 0.676. The van der Waals surface area contributed by atoms with Gasteiger partial charge in [0.25, 0.3) is 0 Å². The van der Waals surface area contributed by atoms with E-state index in [0.717, 1.165) is 5.56 Å². The van der Waals surface area contributed by atoms with Crippen LogP contribution in [0.3, 0.4) is 0 Å². The van der Waals surface area contributed by atoms with E-state index < -0.39 is 4.92 Å². The lowest BCUT2D eigenvalue weighted by Gasteiger charge is -2.23. The molecule has 0 bridgehead atoms. The highest BCUT2D eigenvalue weighted by atomic mass is 35.5. The molecule has 0 amide bonds. The minimum atomic E-state index is -0.509. The molecule has 7 nitrogen and oxygen atoms in total. The maximum Gasteiger partial charge on any atom is 0.311 e. The molecule has 0 aliphatic heterocycles. The Bertz CT molecular complexity index is 682. The molecule has 2 aromatic rings. The molecule has 0 unspecified atom stereocenters. The predicted octanol–water partition coefficient (Wildman–Crippen LogP) is 3.08. The second-order valence-corrected chi connectivity index (χ2v) is 5.50. The zero-order chi connectivity index (χ0) is 16.8. The van der Waals surface area contributed by atoms with Gasteiger partial charge >= 0.3 is 5.69 Å². The highest BCUT2D eigenvalue weighted by Gasteiger charge is 2.22. The van der Waals surface area contributed by atoms with E-state index in [1.165, 1.54) is 12.1 Å². The van der Waals surface area contributed by atoms with Gasteiger partial charge in [0, 0.05) is 32.0 Å². The Labute approximate surface area is 142 Å². The van der Waals surface area contributed by atoms with Crippen LogP contribution in [-0.2, 0) is 6.54 Å². The van der Waals surface area contributed by atoms with E-state index in [1.54, 1.807) is 23.2 Å². The molecular formula is C14H14Cl2N4O3. The van der Waals surface area contributed by atoms with Crippen molar-refractivity contribution in [3.05, 3.63) is 56.4 Å². The van der Waals surface area contributed by atoms with E-state index in [0.29, 0.717) is 24.7 Å². The molecule has 0 aromatic carbocycles. The highest BCUT2D eigenvalue weighted by Crippen LogP contribution is 2.29. The predicted molar refractivity (Wildman–Crippen MR) is 87.9 cm³/mol. The van der Waals surface area contributed by atoms with Crippen molar-refractivity contribution in [2.75, 3.05) is 18.1 Å². The third-order valence-electron chi connectivity index (χ3n) is 3.06. The van der Waals surface area contributed by atoms with E-state index in [4.69, 9.17) is 28.3 Å². The number of nitrogens with zero attached hydrogens (tertiary/aromatic N) is 4. The van der Waals surface area contributed by atoms with E-state index in [-0.39, 0.29) is 23.3 Å². The molecular weight excluding hydrogens is 343 g/mol. The topological polar surface area (TPSA) is 92.4 Å². The molecule has 0 aliphatic carbocycles. The molecule has 23 heavy (non-hydrogen) atoms. The lowest BCUT2D eigenvalue weighted by atomic mass is 10.2. The van der Waals surface area contributed by atoms with Gasteiger partial charge in [0.15, 0.2) is 0 Å². The first-order valence-electron chi connectivity index (χ1n) is 6.78. The van der Waals surface area contributed by atoms with Crippen LogP contribution in [0.25, 0.3) is 0 Å². The monoisotopic (exact) mass is 356 g/mol. The van der Waals surface area contributed by atoms with Crippen molar-refractivity contribution in [3.63, 3.8) is 0 Å².